The zero-order chi connectivity index (χ0) is 22.7. The van der Waals surface area contributed by atoms with E-state index in [1.807, 2.05) is 34.4 Å². The number of rotatable bonds is 2. The van der Waals surface area contributed by atoms with E-state index in [-0.39, 0.29) is 23.4 Å². The molecule has 1 amide bonds. The average molecular weight is 446 g/mol. The van der Waals surface area contributed by atoms with Crippen molar-refractivity contribution >= 4 is 22.5 Å². The normalized spacial score (nSPS) is 19.3. The van der Waals surface area contributed by atoms with Crippen LogP contribution >= 0.6 is 0 Å². The Bertz CT molecular complexity index is 1440. The third-order valence-corrected chi connectivity index (χ3v) is 7.27. The summed E-state index contributed by atoms with van der Waals surface area (Å²) in [5.41, 5.74) is 4.52. The summed E-state index contributed by atoms with van der Waals surface area (Å²) in [7, 11) is 0. The second kappa shape index (κ2) is 7.59. The van der Waals surface area contributed by atoms with Crippen LogP contribution in [0.25, 0.3) is 16.6 Å². The van der Waals surface area contributed by atoms with E-state index < -0.39 is 0 Å². The third-order valence-electron chi connectivity index (χ3n) is 7.27. The molecule has 0 saturated carbocycles. The fourth-order valence-electron chi connectivity index (χ4n) is 5.43. The molecule has 6 rings (SSSR count). The van der Waals surface area contributed by atoms with Crippen molar-refractivity contribution in [3.63, 3.8) is 0 Å². The highest BCUT2D eigenvalue weighted by Crippen LogP contribution is 2.31. The van der Waals surface area contributed by atoms with Crippen molar-refractivity contribution in [2.45, 2.75) is 45.2 Å². The zero-order valence-corrected chi connectivity index (χ0v) is 18.9. The lowest BCUT2D eigenvalue weighted by molar-refractivity contribution is 0.0643. The second-order valence-corrected chi connectivity index (χ2v) is 9.16. The summed E-state index contributed by atoms with van der Waals surface area (Å²) in [6.07, 6.45) is 5.49. The van der Waals surface area contributed by atoms with Crippen LogP contribution in [-0.2, 0) is 11.3 Å². The summed E-state index contributed by atoms with van der Waals surface area (Å²) in [4.78, 5) is 36.0. The van der Waals surface area contributed by atoms with E-state index in [1.54, 1.807) is 6.20 Å². The minimum atomic E-state index is -0.195. The van der Waals surface area contributed by atoms with Gasteiger partial charge in [-0.25, -0.2) is 4.98 Å². The minimum Gasteiger partial charge on any atom is -0.381 e. The van der Waals surface area contributed by atoms with Gasteiger partial charge in [-0.3, -0.25) is 14.0 Å². The van der Waals surface area contributed by atoms with Crippen LogP contribution in [0.3, 0.4) is 0 Å². The highest BCUT2D eigenvalue weighted by atomic mass is 16.5. The summed E-state index contributed by atoms with van der Waals surface area (Å²) < 4.78 is 9.69. The van der Waals surface area contributed by atoms with Gasteiger partial charge in [0.05, 0.1) is 23.3 Å². The fraction of sp³-hybridized carbons (Fsp3) is 0.400. The Morgan fingerprint density at radius 1 is 1.18 bits per heavy atom. The summed E-state index contributed by atoms with van der Waals surface area (Å²) in [6, 6.07) is 7.93. The number of fused-ring (bicyclic) bond motifs is 4. The number of ether oxygens (including phenoxy) is 1. The number of nitrogens with one attached hydrogen (secondary N) is 1. The number of nitrogens with zero attached hydrogens (tertiary/aromatic N) is 4. The summed E-state index contributed by atoms with van der Waals surface area (Å²) in [6.45, 7) is 6.88. The van der Waals surface area contributed by atoms with E-state index in [4.69, 9.17) is 4.74 Å². The number of benzene rings is 1. The molecule has 170 valence electrons. The molecule has 3 aromatic heterocycles. The third kappa shape index (κ3) is 3.12. The number of aromatic nitrogens is 4. The first-order valence-electron chi connectivity index (χ1n) is 11.6. The lowest BCUT2D eigenvalue weighted by Gasteiger charge is -2.35. The van der Waals surface area contributed by atoms with Crippen LogP contribution in [0.5, 0.6) is 0 Å². The van der Waals surface area contributed by atoms with E-state index in [1.165, 1.54) is 0 Å². The van der Waals surface area contributed by atoms with Gasteiger partial charge in [0, 0.05) is 49.7 Å². The lowest BCUT2D eigenvalue weighted by atomic mass is 9.99. The van der Waals surface area contributed by atoms with Gasteiger partial charge in [-0.15, -0.1) is 0 Å². The van der Waals surface area contributed by atoms with Gasteiger partial charge in [0.25, 0.3) is 11.5 Å². The van der Waals surface area contributed by atoms with Crippen LogP contribution in [-0.4, -0.2) is 49.5 Å². The van der Waals surface area contributed by atoms with E-state index >= 15 is 0 Å². The van der Waals surface area contributed by atoms with Gasteiger partial charge in [-0.1, -0.05) is 0 Å². The van der Waals surface area contributed by atoms with Crippen molar-refractivity contribution in [3.05, 3.63) is 69.7 Å². The largest absolute Gasteiger partial charge is 0.381 e. The number of carbonyl (C=O) groups excluding carboxylic acids is 1. The van der Waals surface area contributed by atoms with E-state index in [0.29, 0.717) is 36.4 Å². The number of carbonyl (C=O) groups is 1. The van der Waals surface area contributed by atoms with Gasteiger partial charge in [0.1, 0.15) is 11.3 Å². The maximum Gasteiger partial charge on any atom is 0.274 e. The zero-order valence-electron chi connectivity index (χ0n) is 18.9. The Hall–Kier alpha value is -3.39. The molecule has 0 bridgehead atoms. The van der Waals surface area contributed by atoms with Crippen molar-refractivity contribution in [3.8, 4) is 0 Å². The molecular weight excluding hydrogens is 418 g/mol. The molecule has 33 heavy (non-hydrogen) atoms. The summed E-state index contributed by atoms with van der Waals surface area (Å²) in [5.74, 6) is 1.14. The molecular formula is C25H27N5O3. The first-order valence-corrected chi connectivity index (χ1v) is 11.6. The molecule has 1 N–H and O–H groups in total. The molecule has 8 nitrogen and oxygen atoms in total. The molecule has 0 radical (unpaired) electrons. The minimum absolute atomic E-state index is 0.00773. The molecule has 5 heterocycles. The number of hydrogen-bond acceptors (Lipinski definition) is 4. The van der Waals surface area contributed by atoms with E-state index in [0.717, 1.165) is 42.0 Å². The lowest BCUT2D eigenvalue weighted by Crippen LogP contribution is -2.41. The second-order valence-electron chi connectivity index (χ2n) is 9.16. The van der Waals surface area contributed by atoms with Gasteiger partial charge in [0.2, 0.25) is 0 Å². The molecule has 1 fully saturated rings. The molecule has 1 unspecified atom stereocenters. The van der Waals surface area contributed by atoms with E-state index in [2.05, 4.69) is 33.7 Å². The molecule has 2 aliphatic heterocycles. The Balaban J connectivity index is 1.46. The van der Waals surface area contributed by atoms with Gasteiger partial charge < -0.3 is 19.2 Å². The first kappa shape index (κ1) is 20.2. The monoisotopic (exact) mass is 445 g/mol. The van der Waals surface area contributed by atoms with Crippen LogP contribution in [0.1, 0.15) is 59.2 Å². The average Bonchev–Trinajstić information content (AvgIpc) is 3.48. The Morgan fingerprint density at radius 2 is 2.00 bits per heavy atom. The standard InChI is InChI=1S/C25H27N5O3/c1-15-12-21-19(13-18(15)25(32)29-9-8-28-7-3-4-20(28)16(29)2)27-24(31)22-14-26-23(30(21)22)17-5-10-33-11-6-17/h3-4,7,12-14,16-17H,5-6,8-11H2,1-2H3,(H,27,31). The molecule has 1 aromatic carbocycles. The Labute approximate surface area is 190 Å². The highest BCUT2D eigenvalue weighted by Gasteiger charge is 2.29. The topological polar surface area (TPSA) is 84.6 Å². The van der Waals surface area contributed by atoms with Gasteiger partial charge in [-0.2, -0.15) is 0 Å². The molecule has 2 aliphatic rings. The number of H-pyrrole nitrogens is 1. The van der Waals surface area contributed by atoms with Crippen molar-refractivity contribution in [1.82, 2.24) is 23.8 Å². The maximum atomic E-state index is 13.6. The summed E-state index contributed by atoms with van der Waals surface area (Å²) >= 11 is 0. The van der Waals surface area contributed by atoms with Crippen LogP contribution in [0.4, 0.5) is 0 Å². The molecule has 8 heteroatoms. The molecule has 0 spiro atoms. The molecule has 0 aliphatic carbocycles. The predicted octanol–water partition coefficient (Wildman–Crippen LogP) is 3.40. The van der Waals surface area contributed by atoms with Gasteiger partial charge >= 0.3 is 0 Å². The Kier molecular flexibility index (Phi) is 4.65. The summed E-state index contributed by atoms with van der Waals surface area (Å²) in [5, 5.41) is 0. The highest BCUT2D eigenvalue weighted by molar-refractivity contribution is 5.99. The van der Waals surface area contributed by atoms with Crippen LogP contribution in [0.15, 0.2) is 41.5 Å². The molecule has 1 saturated heterocycles. The Morgan fingerprint density at radius 3 is 2.82 bits per heavy atom. The quantitative estimate of drug-likeness (QED) is 0.513. The number of imidazole rings is 1. The number of aromatic amines is 1. The maximum absolute atomic E-state index is 13.6. The van der Waals surface area contributed by atoms with Crippen LogP contribution in [0.2, 0.25) is 0 Å². The molecule has 4 aromatic rings. The van der Waals surface area contributed by atoms with Crippen LogP contribution < -0.4 is 5.56 Å². The van der Waals surface area contributed by atoms with Crippen molar-refractivity contribution in [2.24, 2.45) is 0 Å². The van der Waals surface area contributed by atoms with Crippen LogP contribution in [0, 0.1) is 6.92 Å². The van der Waals surface area contributed by atoms with Crippen molar-refractivity contribution in [1.29, 1.82) is 0 Å². The first-order chi connectivity index (χ1) is 16.0. The number of aryl methyl sites for hydroxylation is 1. The van der Waals surface area contributed by atoms with Crippen molar-refractivity contribution < 1.29 is 9.53 Å². The number of amides is 1. The predicted molar refractivity (Wildman–Crippen MR) is 125 cm³/mol. The van der Waals surface area contributed by atoms with E-state index in [9.17, 15) is 9.59 Å². The van der Waals surface area contributed by atoms with Gasteiger partial charge in [0.15, 0.2) is 0 Å². The number of hydrogen-bond donors (Lipinski definition) is 1. The van der Waals surface area contributed by atoms with Gasteiger partial charge in [-0.05, 0) is 56.5 Å². The smallest absolute Gasteiger partial charge is 0.274 e. The SMILES string of the molecule is Cc1cc2c(cc1C(=O)N1CCn3cccc3C1C)[nH]c(=O)c1cnc(C3CCOCC3)n12. The molecule has 1 atom stereocenters. The fourth-order valence-corrected chi connectivity index (χ4v) is 5.43. The van der Waals surface area contributed by atoms with Crippen molar-refractivity contribution in [2.75, 3.05) is 19.8 Å².